The second kappa shape index (κ2) is 3.04. The third-order valence-corrected chi connectivity index (χ3v) is 2.89. The molecule has 0 spiro atoms. The summed E-state index contributed by atoms with van der Waals surface area (Å²) in [5, 5.41) is 9.29. The Kier molecular flexibility index (Phi) is 2.00. The second-order valence-electron chi connectivity index (χ2n) is 3.89. The molecule has 2 nitrogen and oxygen atoms in total. The van der Waals surface area contributed by atoms with Gasteiger partial charge in [-0.2, -0.15) is 0 Å². The number of hydrogen-bond acceptors (Lipinski definition) is 2. The molecule has 70 valence electrons. The Morgan fingerprint density at radius 3 is 3.00 bits per heavy atom. The molecule has 0 aliphatic heterocycles. The molecule has 0 aromatic heterocycles. The summed E-state index contributed by atoms with van der Waals surface area (Å²) in [7, 11) is 0. The fourth-order valence-corrected chi connectivity index (χ4v) is 2.18. The minimum atomic E-state index is 0.214. The van der Waals surface area contributed by atoms with Crippen LogP contribution in [-0.2, 0) is 6.42 Å². The van der Waals surface area contributed by atoms with Crippen molar-refractivity contribution in [2.45, 2.75) is 31.7 Å². The summed E-state index contributed by atoms with van der Waals surface area (Å²) in [6, 6.07) is 5.83. The van der Waals surface area contributed by atoms with E-state index in [0.29, 0.717) is 11.7 Å². The minimum Gasteiger partial charge on any atom is -0.508 e. The van der Waals surface area contributed by atoms with Gasteiger partial charge in [-0.25, -0.2) is 0 Å². The third kappa shape index (κ3) is 1.42. The third-order valence-electron chi connectivity index (χ3n) is 2.89. The lowest BCUT2D eigenvalue weighted by atomic mass is 9.95. The van der Waals surface area contributed by atoms with Gasteiger partial charge in [-0.3, -0.25) is 0 Å². The van der Waals surface area contributed by atoms with Crippen molar-refractivity contribution in [1.29, 1.82) is 0 Å². The van der Waals surface area contributed by atoms with Crippen LogP contribution in [0.25, 0.3) is 0 Å². The van der Waals surface area contributed by atoms with Gasteiger partial charge < -0.3 is 10.8 Å². The second-order valence-corrected chi connectivity index (χ2v) is 3.89. The molecule has 0 fully saturated rings. The highest BCUT2D eigenvalue weighted by Crippen LogP contribution is 2.36. The molecule has 1 aliphatic carbocycles. The first-order chi connectivity index (χ1) is 6.18. The van der Waals surface area contributed by atoms with E-state index in [1.807, 2.05) is 19.1 Å². The fourth-order valence-electron chi connectivity index (χ4n) is 2.18. The number of phenolic OH excluding ortho intramolecular Hbond substituents is 1. The maximum Gasteiger partial charge on any atom is 0.115 e. The van der Waals surface area contributed by atoms with E-state index in [1.54, 1.807) is 6.07 Å². The summed E-state index contributed by atoms with van der Waals surface area (Å²) < 4.78 is 0. The highest BCUT2D eigenvalue weighted by Gasteiger charge is 2.25. The molecule has 0 bridgehead atoms. The minimum absolute atomic E-state index is 0.214. The summed E-state index contributed by atoms with van der Waals surface area (Å²) in [6.45, 7) is 2.05. The Bertz CT molecular complexity index is 320. The van der Waals surface area contributed by atoms with Crippen molar-refractivity contribution in [1.82, 2.24) is 0 Å². The van der Waals surface area contributed by atoms with E-state index in [-0.39, 0.29) is 6.04 Å². The zero-order chi connectivity index (χ0) is 9.42. The van der Waals surface area contributed by atoms with Crippen LogP contribution in [0.5, 0.6) is 5.75 Å². The molecule has 1 aliphatic rings. The first kappa shape index (κ1) is 8.57. The Labute approximate surface area is 78.4 Å². The molecular weight excluding hydrogens is 162 g/mol. The smallest absolute Gasteiger partial charge is 0.115 e. The van der Waals surface area contributed by atoms with Gasteiger partial charge in [-0.05, 0) is 48.9 Å². The number of hydrogen-bond donors (Lipinski definition) is 2. The monoisotopic (exact) mass is 177 g/mol. The van der Waals surface area contributed by atoms with Crippen LogP contribution in [0.1, 0.15) is 30.4 Å². The number of benzene rings is 1. The number of aryl methyl sites for hydroxylation is 1. The van der Waals surface area contributed by atoms with Crippen LogP contribution in [-0.4, -0.2) is 11.1 Å². The molecule has 0 amide bonds. The van der Waals surface area contributed by atoms with Crippen molar-refractivity contribution in [3.05, 3.63) is 29.3 Å². The number of fused-ring (bicyclic) bond motifs is 1. The highest BCUT2D eigenvalue weighted by atomic mass is 16.3. The van der Waals surface area contributed by atoms with Crippen LogP contribution < -0.4 is 5.73 Å². The van der Waals surface area contributed by atoms with Gasteiger partial charge in [0, 0.05) is 6.04 Å². The normalized spacial score (nSPS) is 22.8. The zero-order valence-electron chi connectivity index (χ0n) is 7.83. The molecule has 2 unspecified atom stereocenters. The lowest BCUT2D eigenvalue weighted by Gasteiger charge is -2.15. The SMILES string of the molecule is CC(N)C1CCc2cc(O)ccc21. The molecule has 3 N–H and O–H groups in total. The van der Waals surface area contributed by atoms with Crippen molar-refractivity contribution in [2.24, 2.45) is 5.73 Å². The largest absolute Gasteiger partial charge is 0.508 e. The van der Waals surface area contributed by atoms with Crippen molar-refractivity contribution in [3.63, 3.8) is 0 Å². The summed E-state index contributed by atoms with van der Waals surface area (Å²) in [5.41, 5.74) is 8.48. The molecule has 2 rings (SSSR count). The Hall–Kier alpha value is -1.02. The number of aromatic hydroxyl groups is 1. The van der Waals surface area contributed by atoms with E-state index in [4.69, 9.17) is 5.73 Å². The molecule has 2 heteroatoms. The van der Waals surface area contributed by atoms with Crippen molar-refractivity contribution in [2.75, 3.05) is 0 Å². The van der Waals surface area contributed by atoms with Crippen LogP contribution in [0, 0.1) is 0 Å². The summed E-state index contributed by atoms with van der Waals surface area (Å²) in [6.07, 6.45) is 2.17. The lowest BCUT2D eigenvalue weighted by Crippen LogP contribution is -2.22. The molecule has 1 aromatic rings. The lowest BCUT2D eigenvalue weighted by molar-refractivity contribution is 0.474. The van der Waals surface area contributed by atoms with Gasteiger partial charge in [-0.15, -0.1) is 0 Å². The van der Waals surface area contributed by atoms with E-state index in [9.17, 15) is 5.11 Å². The first-order valence-corrected chi connectivity index (χ1v) is 4.76. The maximum absolute atomic E-state index is 9.29. The number of nitrogens with two attached hydrogens (primary N) is 1. The zero-order valence-corrected chi connectivity index (χ0v) is 7.83. The molecule has 1 aromatic carbocycles. The van der Waals surface area contributed by atoms with Gasteiger partial charge in [0.1, 0.15) is 5.75 Å². The van der Waals surface area contributed by atoms with Crippen LogP contribution in [0.4, 0.5) is 0 Å². The Morgan fingerprint density at radius 2 is 2.31 bits per heavy atom. The average Bonchev–Trinajstić information content (AvgIpc) is 2.46. The molecule has 13 heavy (non-hydrogen) atoms. The standard InChI is InChI=1S/C11H15NO/c1-7(12)10-4-2-8-6-9(13)3-5-11(8)10/h3,5-7,10,13H,2,4,12H2,1H3. The number of phenols is 1. The van der Waals surface area contributed by atoms with Crippen LogP contribution in [0.3, 0.4) is 0 Å². The molecule has 0 saturated heterocycles. The van der Waals surface area contributed by atoms with E-state index >= 15 is 0 Å². The fraction of sp³-hybridized carbons (Fsp3) is 0.455. The van der Waals surface area contributed by atoms with Gasteiger partial charge in [0.05, 0.1) is 0 Å². The van der Waals surface area contributed by atoms with Gasteiger partial charge in [0.15, 0.2) is 0 Å². The van der Waals surface area contributed by atoms with Crippen molar-refractivity contribution >= 4 is 0 Å². The van der Waals surface area contributed by atoms with Gasteiger partial charge in [-0.1, -0.05) is 6.07 Å². The maximum atomic E-state index is 9.29. The molecule has 0 heterocycles. The van der Waals surface area contributed by atoms with Gasteiger partial charge in [0.25, 0.3) is 0 Å². The van der Waals surface area contributed by atoms with E-state index in [0.717, 1.165) is 12.8 Å². The molecule has 0 radical (unpaired) electrons. The van der Waals surface area contributed by atoms with Gasteiger partial charge in [0.2, 0.25) is 0 Å². The first-order valence-electron chi connectivity index (χ1n) is 4.76. The number of rotatable bonds is 1. The van der Waals surface area contributed by atoms with Crippen LogP contribution >= 0.6 is 0 Å². The van der Waals surface area contributed by atoms with E-state index in [2.05, 4.69) is 0 Å². The van der Waals surface area contributed by atoms with Crippen LogP contribution in [0.2, 0.25) is 0 Å². The topological polar surface area (TPSA) is 46.2 Å². The Morgan fingerprint density at radius 1 is 1.54 bits per heavy atom. The van der Waals surface area contributed by atoms with Crippen LogP contribution in [0.15, 0.2) is 18.2 Å². The molecule has 0 saturated carbocycles. The summed E-state index contributed by atoms with van der Waals surface area (Å²) in [4.78, 5) is 0. The quantitative estimate of drug-likeness (QED) is 0.686. The van der Waals surface area contributed by atoms with E-state index < -0.39 is 0 Å². The van der Waals surface area contributed by atoms with Crippen molar-refractivity contribution < 1.29 is 5.11 Å². The van der Waals surface area contributed by atoms with Crippen molar-refractivity contribution in [3.8, 4) is 5.75 Å². The molecular formula is C11H15NO. The van der Waals surface area contributed by atoms with Gasteiger partial charge >= 0.3 is 0 Å². The summed E-state index contributed by atoms with van der Waals surface area (Å²) >= 11 is 0. The molecule has 2 atom stereocenters. The predicted octanol–water partition coefficient (Wildman–Crippen LogP) is 1.77. The summed E-state index contributed by atoms with van der Waals surface area (Å²) in [5.74, 6) is 0.847. The average molecular weight is 177 g/mol. The van der Waals surface area contributed by atoms with E-state index in [1.165, 1.54) is 11.1 Å². The highest BCUT2D eigenvalue weighted by molar-refractivity contribution is 5.40. The predicted molar refractivity (Wildman–Crippen MR) is 52.8 cm³/mol. The Balaban J connectivity index is 2.38.